The number of aromatic nitrogens is 5. The van der Waals surface area contributed by atoms with Crippen LogP contribution in [0.3, 0.4) is 0 Å². The molecule has 0 saturated carbocycles. The number of nitrogens with zero attached hydrogens (tertiary/aromatic N) is 6. The molecule has 0 radical (unpaired) electrons. The Morgan fingerprint density at radius 3 is 1.59 bits per heavy atom. The zero-order valence-electron chi connectivity index (χ0n) is 39.8. The van der Waals surface area contributed by atoms with Gasteiger partial charge in [-0.3, -0.25) is 14.5 Å². The van der Waals surface area contributed by atoms with Crippen molar-refractivity contribution in [2.24, 2.45) is 11.8 Å². The van der Waals surface area contributed by atoms with Gasteiger partial charge in [-0.1, -0.05) is 76.2 Å². The summed E-state index contributed by atoms with van der Waals surface area (Å²) in [5, 5.41) is 12.4. The van der Waals surface area contributed by atoms with Crippen LogP contribution in [0.1, 0.15) is 77.1 Å². The summed E-state index contributed by atoms with van der Waals surface area (Å²) >= 11 is 0. The van der Waals surface area contributed by atoms with Gasteiger partial charge in [0.25, 0.3) is 0 Å². The number of benzene rings is 3. The van der Waals surface area contributed by atoms with Crippen molar-refractivity contribution in [2.75, 3.05) is 33.5 Å². The van der Waals surface area contributed by atoms with Crippen LogP contribution in [0.5, 0.6) is 0 Å². The van der Waals surface area contributed by atoms with Crippen molar-refractivity contribution in [1.82, 2.24) is 44.5 Å². The normalized spacial score (nSPS) is 17.1. The number of hydrogen-bond donors (Lipinski definition) is 4. The molecule has 8 rings (SSSR count). The van der Waals surface area contributed by atoms with Gasteiger partial charge in [-0.05, 0) is 85.0 Å². The van der Waals surface area contributed by atoms with Crippen LogP contribution in [0.2, 0.25) is 0 Å². The fraction of sp³-hybridized carbons (Fsp3) is 0.373. The minimum atomic E-state index is -3.43. The number of likely N-dealkylation sites (N-methyl/N-ethyl adjacent to an activating group) is 1. The Hall–Kier alpha value is -7.21. The highest BCUT2D eigenvalue weighted by Crippen LogP contribution is 2.38. The van der Waals surface area contributed by atoms with Gasteiger partial charge < -0.3 is 39.5 Å². The molecule has 2 saturated heterocycles. The summed E-state index contributed by atoms with van der Waals surface area (Å²) in [6.07, 6.45) is 6.07. The zero-order chi connectivity index (χ0) is 49.3. The highest BCUT2D eigenvalue weighted by Gasteiger charge is 2.40. The predicted octanol–water partition coefficient (Wildman–Crippen LogP) is 8.34. The van der Waals surface area contributed by atoms with E-state index >= 15 is 0 Å². The van der Waals surface area contributed by atoms with Gasteiger partial charge in [-0.15, -0.1) is 0 Å². The molecule has 4 N–H and O–H groups in total. The van der Waals surface area contributed by atoms with E-state index in [0.29, 0.717) is 36.9 Å². The molecule has 69 heavy (non-hydrogen) atoms. The first kappa shape index (κ1) is 48.3. The zero-order valence-corrected chi connectivity index (χ0v) is 40.7. The number of sulfone groups is 1. The lowest BCUT2D eigenvalue weighted by Crippen LogP contribution is -2.51. The lowest BCUT2D eigenvalue weighted by atomic mass is 10.0. The summed E-state index contributed by atoms with van der Waals surface area (Å²) in [6.45, 7) is 8.53. The fourth-order valence-electron chi connectivity index (χ4n) is 9.64. The summed E-state index contributed by atoms with van der Waals surface area (Å²) in [6, 6.07) is 24.8. The number of carbonyl (C=O) groups excluding carboxylic acids is 3. The number of imidazole rings is 2. The highest BCUT2D eigenvalue weighted by atomic mass is 32.2. The van der Waals surface area contributed by atoms with Crippen LogP contribution in [0.4, 0.5) is 9.59 Å². The molecule has 5 heterocycles. The Bertz CT molecular complexity index is 2940. The van der Waals surface area contributed by atoms with Gasteiger partial charge >= 0.3 is 12.2 Å². The molecular formula is C51H59N9O8S. The van der Waals surface area contributed by atoms with Crippen LogP contribution in [0, 0.1) is 11.8 Å². The van der Waals surface area contributed by atoms with Gasteiger partial charge in [0.05, 0.1) is 46.9 Å². The number of carbonyl (C=O) groups is 4. The first-order valence-electron chi connectivity index (χ1n) is 23.2. The third kappa shape index (κ3) is 9.89. The lowest BCUT2D eigenvalue weighted by molar-refractivity contribution is -0.138. The largest absolute Gasteiger partial charge is 0.465 e. The second-order valence-electron chi connectivity index (χ2n) is 18.5. The maximum Gasteiger partial charge on any atom is 0.407 e. The maximum absolute atomic E-state index is 13.8. The average molecular weight is 958 g/mol. The SMILES string of the molecule is COC(=O)N[C@H](C(=O)N1CCC[C@H]1c1nc(-c2ccc(-c3ccc(-c4ccc(-c5c[nH]c([C@@H]6CCCN6C(=O)[C@H](C(C)C)N(C)C(=O)O)n5)cc4)n3-c3ccc(S(C)(=O)=O)cc3)cc2)c[nH]1)C(C)C. The number of hydrogen-bond acceptors (Lipinski definition) is 9. The van der Waals surface area contributed by atoms with Gasteiger partial charge in [0.2, 0.25) is 11.8 Å². The number of amides is 4. The Labute approximate surface area is 401 Å². The molecule has 2 fully saturated rings. The van der Waals surface area contributed by atoms with E-state index < -0.39 is 34.1 Å². The quantitative estimate of drug-likeness (QED) is 0.0819. The Morgan fingerprint density at radius 1 is 0.710 bits per heavy atom. The second kappa shape index (κ2) is 19.8. The van der Waals surface area contributed by atoms with Crippen LogP contribution in [0.25, 0.3) is 50.7 Å². The van der Waals surface area contributed by atoms with Gasteiger partial charge in [0, 0.05) is 55.6 Å². The van der Waals surface area contributed by atoms with Crippen LogP contribution >= 0.6 is 0 Å². The number of carboxylic acid groups (broad SMARTS) is 1. The van der Waals surface area contributed by atoms with E-state index in [1.165, 1.54) is 20.4 Å². The maximum atomic E-state index is 13.8. The van der Waals surface area contributed by atoms with E-state index in [0.717, 1.165) is 69.2 Å². The highest BCUT2D eigenvalue weighted by molar-refractivity contribution is 7.90. The van der Waals surface area contributed by atoms with Crippen LogP contribution in [0.15, 0.2) is 102 Å². The summed E-state index contributed by atoms with van der Waals surface area (Å²) in [5.74, 6) is 0.554. The third-order valence-corrected chi connectivity index (χ3v) is 14.4. The molecule has 3 aromatic heterocycles. The summed E-state index contributed by atoms with van der Waals surface area (Å²) < 4.78 is 31.8. The van der Waals surface area contributed by atoms with Crippen molar-refractivity contribution >= 4 is 33.8 Å². The standard InChI is InChI=1S/C51H59N9O8S/c1-30(2)44(56-50(63)68-6)48(61)58-26-8-10-42(58)46-52-28-38(54-46)32-12-16-34(17-13-32)40-24-25-41(60(40)36-20-22-37(23-21-36)69(7,66)67)35-18-14-33(15-19-35)39-29-53-47(55-39)43-11-9-27-59(43)49(62)45(31(3)4)57(5)51(64)65/h12-25,28-31,42-45H,8-11,26-27H2,1-7H3,(H,52,54)(H,53,55)(H,56,63)(H,64,65)/t42-,43-,44-,45-/m0/s1. The first-order valence-corrected chi connectivity index (χ1v) is 25.1. The molecule has 2 aliphatic heterocycles. The third-order valence-electron chi connectivity index (χ3n) is 13.3. The minimum absolute atomic E-state index is 0.146. The van der Waals surface area contributed by atoms with E-state index in [1.807, 2.05) is 101 Å². The predicted molar refractivity (Wildman–Crippen MR) is 261 cm³/mol. The van der Waals surface area contributed by atoms with Crippen molar-refractivity contribution < 1.29 is 37.4 Å². The van der Waals surface area contributed by atoms with Gasteiger partial charge in [0.15, 0.2) is 9.84 Å². The Morgan fingerprint density at radius 2 is 1.17 bits per heavy atom. The molecule has 0 spiro atoms. The molecule has 0 unspecified atom stereocenters. The van der Waals surface area contributed by atoms with E-state index in [9.17, 15) is 32.7 Å². The molecule has 3 aromatic carbocycles. The Balaban J connectivity index is 1.05. The smallest absolute Gasteiger partial charge is 0.407 e. The van der Waals surface area contributed by atoms with Crippen molar-refractivity contribution in [2.45, 2.75) is 82.4 Å². The molecule has 18 heteroatoms. The first-order chi connectivity index (χ1) is 32.9. The molecule has 6 aromatic rings. The Kier molecular flexibility index (Phi) is 13.8. The number of aromatic amines is 2. The van der Waals surface area contributed by atoms with Gasteiger partial charge in [0.1, 0.15) is 23.7 Å². The molecule has 0 bridgehead atoms. The molecule has 0 aliphatic carbocycles. The fourth-order valence-corrected chi connectivity index (χ4v) is 10.3. The average Bonchev–Trinajstić information content (AvgIpc) is 4.20. The van der Waals surface area contributed by atoms with E-state index in [4.69, 9.17) is 14.7 Å². The van der Waals surface area contributed by atoms with E-state index in [-0.39, 0.29) is 40.6 Å². The number of H-pyrrole nitrogens is 2. The van der Waals surface area contributed by atoms with Crippen molar-refractivity contribution in [3.63, 3.8) is 0 Å². The second-order valence-corrected chi connectivity index (χ2v) is 20.5. The van der Waals surface area contributed by atoms with E-state index in [2.05, 4.69) is 19.9 Å². The number of nitrogens with one attached hydrogen (secondary N) is 3. The number of likely N-dealkylation sites (tertiary alicyclic amines) is 2. The summed E-state index contributed by atoms with van der Waals surface area (Å²) in [4.78, 5) is 72.7. The van der Waals surface area contributed by atoms with Gasteiger partial charge in [-0.2, -0.15) is 0 Å². The monoisotopic (exact) mass is 957 g/mol. The van der Waals surface area contributed by atoms with Crippen molar-refractivity contribution in [3.05, 3.63) is 109 Å². The number of rotatable bonds is 14. The molecule has 4 amide bonds. The molecule has 2 aliphatic rings. The van der Waals surface area contributed by atoms with E-state index in [1.54, 1.807) is 34.1 Å². The number of alkyl carbamates (subject to hydrolysis) is 1. The molecule has 4 atom stereocenters. The van der Waals surface area contributed by atoms with Crippen molar-refractivity contribution in [3.8, 4) is 50.7 Å². The molecule has 17 nitrogen and oxygen atoms in total. The van der Waals surface area contributed by atoms with Crippen LogP contribution in [-0.2, 0) is 24.2 Å². The number of ether oxygens (including phenoxy) is 1. The number of methoxy groups -OCH3 is 1. The molecule has 362 valence electrons. The minimum Gasteiger partial charge on any atom is -0.465 e. The van der Waals surface area contributed by atoms with Crippen LogP contribution < -0.4 is 5.32 Å². The summed E-state index contributed by atoms with van der Waals surface area (Å²) in [5.41, 5.74) is 7.48. The van der Waals surface area contributed by atoms with Crippen LogP contribution in [-0.4, -0.2) is 122 Å². The topological polar surface area (TPSA) is 216 Å². The molecular weight excluding hydrogens is 899 g/mol. The lowest BCUT2D eigenvalue weighted by Gasteiger charge is -2.33. The van der Waals surface area contributed by atoms with Gasteiger partial charge in [-0.25, -0.2) is 28.0 Å². The summed E-state index contributed by atoms with van der Waals surface area (Å²) in [7, 11) is -0.724. The van der Waals surface area contributed by atoms with Crippen molar-refractivity contribution in [1.29, 1.82) is 0 Å².